The van der Waals surface area contributed by atoms with Gasteiger partial charge < -0.3 is 9.84 Å². The molecule has 1 N–H and O–H groups in total. The number of hydrogen-bond donors (Lipinski definition) is 1. The Hall–Kier alpha value is -1.47. The maximum atomic E-state index is 17.2. The number of alkyl halides is 1. The third kappa shape index (κ3) is 2.68. The molecule has 31 heavy (non-hydrogen) atoms. The fraction of sp³-hybridized carbons (Fsp3) is 0.708. The summed E-state index contributed by atoms with van der Waals surface area (Å²) in [6.45, 7) is 8.22. The molecule has 0 aromatic heterocycles. The summed E-state index contributed by atoms with van der Waals surface area (Å²) in [6.07, 6.45) is 4.60. The number of thioether (sulfide) groups is 1. The summed E-state index contributed by atoms with van der Waals surface area (Å²) in [4.78, 5) is 34.8. The molecule has 0 aliphatic heterocycles. The minimum atomic E-state index is -1.93. The Bertz CT molecular complexity index is 872. The molecular weight excluding hydrogens is 419 g/mol. The van der Waals surface area contributed by atoms with Crippen molar-refractivity contribution < 1.29 is 28.6 Å². The lowest BCUT2D eigenvalue weighted by Gasteiger charge is -2.64. The Morgan fingerprint density at radius 2 is 1.97 bits per heavy atom. The Balaban J connectivity index is 1.85. The van der Waals surface area contributed by atoms with Gasteiger partial charge in [0.05, 0.1) is 6.10 Å². The number of carbonyl (C=O) groups excluding carboxylic acids is 3. The van der Waals surface area contributed by atoms with E-state index in [4.69, 9.17) is 4.74 Å². The number of halogens is 1. The zero-order valence-electron chi connectivity index (χ0n) is 18.5. The number of ketones is 1. The predicted molar refractivity (Wildman–Crippen MR) is 117 cm³/mol. The molecule has 0 saturated heterocycles. The number of rotatable bonds is 5. The second-order valence-electron chi connectivity index (χ2n) is 10.4. The normalized spacial score (nSPS) is 50.7. The number of ether oxygens (including phenoxy) is 1. The molecule has 0 aromatic rings. The van der Waals surface area contributed by atoms with Crippen LogP contribution in [0, 0.1) is 34.5 Å². The van der Waals surface area contributed by atoms with Crippen LogP contribution >= 0.6 is 11.8 Å². The summed E-state index contributed by atoms with van der Waals surface area (Å²) in [6, 6.07) is 0. The van der Waals surface area contributed by atoms with Crippen molar-refractivity contribution in [2.24, 2.45) is 34.5 Å². The lowest BCUT2D eigenvalue weighted by Crippen LogP contribution is -2.69. The molecule has 3 saturated carbocycles. The topological polar surface area (TPSA) is 80.7 Å². The average molecular weight is 451 g/mol. The zero-order chi connectivity index (χ0) is 22.8. The van der Waals surface area contributed by atoms with Gasteiger partial charge in [0.1, 0.15) is 5.60 Å². The highest BCUT2D eigenvalue weighted by molar-refractivity contribution is 8.11. The van der Waals surface area contributed by atoms with Gasteiger partial charge in [-0.3, -0.25) is 14.4 Å². The van der Waals surface area contributed by atoms with Crippen LogP contribution in [0.15, 0.2) is 23.8 Å². The average Bonchev–Trinajstić information content (AvgIpc) is 2.92. The largest absolute Gasteiger partial charge is 0.460 e. The molecule has 5 unspecified atom stereocenters. The molecule has 0 heterocycles. The molecule has 3 fully saturated rings. The molecule has 0 radical (unpaired) electrons. The van der Waals surface area contributed by atoms with Gasteiger partial charge in [-0.15, -0.1) is 0 Å². The van der Waals surface area contributed by atoms with Crippen molar-refractivity contribution in [1.29, 1.82) is 0 Å². The number of hydrogen-bond acceptors (Lipinski definition) is 6. The first-order valence-corrected chi connectivity index (χ1v) is 12.1. The van der Waals surface area contributed by atoms with Crippen molar-refractivity contribution in [3.05, 3.63) is 23.8 Å². The molecule has 0 spiro atoms. The summed E-state index contributed by atoms with van der Waals surface area (Å²) < 4.78 is 23.0. The van der Waals surface area contributed by atoms with Crippen molar-refractivity contribution >= 4 is 29.6 Å². The van der Waals surface area contributed by atoms with E-state index >= 15 is 4.39 Å². The van der Waals surface area contributed by atoms with Crippen LogP contribution in [0.3, 0.4) is 0 Å². The van der Waals surface area contributed by atoms with Crippen molar-refractivity contribution in [3.8, 4) is 0 Å². The van der Waals surface area contributed by atoms with Crippen molar-refractivity contribution in [3.63, 3.8) is 0 Å². The van der Waals surface area contributed by atoms with Crippen LogP contribution in [0.2, 0.25) is 0 Å². The van der Waals surface area contributed by atoms with Crippen LogP contribution < -0.4 is 0 Å². The van der Waals surface area contributed by atoms with Crippen LogP contribution in [-0.2, 0) is 19.1 Å². The SMILES string of the molecule is C[C@@H]1CC2C3C[C@H](C)C4=CC(=O)C=CC4(C)[C@@]3(F)C(O)CC2(C)[C@]1(CSC=O)OC=O. The Kier molecular flexibility index (Phi) is 5.33. The van der Waals surface area contributed by atoms with Gasteiger partial charge in [0.2, 0.25) is 0 Å². The van der Waals surface area contributed by atoms with E-state index in [1.54, 1.807) is 19.1 Å². The minimum Gasteiger partial charge on any atom is -0.460 e. The molecule has 5 nitrogen and oxygen atoms in total. The van der Waals surface area contributed by atoms with Gasteiger partial charge in [-0.2, -0.15) is 0 Å². The standard InChI is InChI=1S/C24H31FO5S/c1-14-7-19-18-8-15(2)23(30-12-26,11-31-13-27)22(18,4)10-20(29)24(19,25)21(3)6-5-16(28)9-17(14)21/h5-6,9,12-15,18-20,29H,7-8,10-11H2,1-4H3/t14-,15+,18?,19?,20?,21?,22?,23+,24-/m0/s1. The van der Waals surface area contributed by atoms with E-state index in [-0.39, 0.29) is 35.7 Å². The zero-order valence-corrected chi connectivity index (χ0v) is 19.3. The lowest BCUT2D eigenvalue weighted by molar-refractivity contribution is -0.224. The van der Waals surface area contributed by atoms with Gasteiger partial charge >= 0.3 is 0 Å². The smallest absolute Gasteiger partial charge is 0.293 e. The third-order valence-corrected chi connectivity index (χ3v) is 10.1. The van der Waals surface area contributed by atoms with Crippen molar-refractivity contribution in [1.82, 2.24) is 0 Å². The van der Waals surface area contributed by atoms with Crippen LogP contribution in [0.1, 0.15) is 47.0 Å². The van der Waals surface area contributed by atoms with Crippen LogP contribution in [0.4, 0.5) is 4.39 Å². The fourth-order valence-electron chi connectivity index (χ4n) is 7.84. The highest BCUT2D eigenvalue weighted by Gasteiger charge is 2.75. The van der Waals surface area contributed by atoms with Crippen LogP contribution in [0.25, 0.3) is 0 Å². The highest BCUT2D eigenvalue weighted by atomic mass is 32.2. The molecular formula is C24H31FO5S. The van der Waals surface area contributed by atoms with E-state index in [1.165, 1.54) is 6.08 Å². The van der Waals surface area contributed by atoms with Crippen LogP contribution in [0.5, 0.6) is 0 Å². The number of fused-ring (bicyclic) bond motifs is 5. The van der Waals surface area contributed by atoms with Gasteiger partial charge in [-0.25, -0.2) is 4.39 Å². The van der Waals surface area contributed by atoms with Crippen molar-refractivity contribution in [2.45, 2.75) is 64.3 Å². The summed E-state index contributed by atoms with van der Waals surface area (Å²) >= 11 is 1.05. The summed E-state index contributed by atoms with van der Waals surface area (Å²) in [5.74, 6) is -0.543. The maximum absolute atomic E-state index is 17.2. The first-order valence-electron chi connectivity index (χ1n) is 11.0. The first kappa shape index (κ1) is 22.7. The lowest BCUT2D eigenvalue weighted by atomic mass is 9.43. The van der Waals surface area contributed by atoms with Crippen LogP contribution in [-0.4, -0.2) is 46.1 Å². The number of aliphatic hydroxyl groups excluding tert-OH is 1. The highest BCUT2D eigenvalue weighted by Crippen LogP contribution is 2.72. The van der Waals surface area contributed by atoms with Crippen molar-refractivity contribution in [2.75, 3.05) is 5.75 Å². The number of aliphatic hydroxyl groups is 1. The Morgan fingerprint density at radius 1 is 1.26 bits per heavy atom. The molecule has 170 valence electrons. The summed E-state index contributed by atoms with van der Waals surface area (Å²) in [5.41, 5.74) is -3.13. The van der Waals surface area contributed by atoms with E-state index in [2.05, 4.69) is 0 Å². The van der Waals surface area contributed by atoms with E-state index in [0.29, 0.717) is 19.3 Å². The van der Waals surface area contributed by atoms with E-state index in [0.717, 1.165) is 23.0 Å². The first-order chi connectivity index (χ1) is 14.5. The van der Waals surface area contributed by atoms with Gasteiger partial charge in [0, 0.05) is 22.5 Å². The summed E-state index contributed by atoms with van der Waals surface area (Å²) in [5, 5.41) is 11.4. The molecule has 9 atom stereocenters. The molecule has 0 bridgehead atoms. The molecule has 0 amide bonds. The molecule has 4 aliphatic carbocycles. The molecule has 0 aromatic carbocycles. The van der Waals surface area contributed by atoms with E-state index in [9.17, 15) is 19.5 Å². The minimum absolute atomic E-state index is 0.0102. The fourth-order valence-corrected chi connectivity index (χ4v) is 8.84. The van der Waals surface area contributed by atoms with Gasteiger partial charge in [-0.1, -0.05) is 44.2 Å². The predicted octanol–water partition coefficient (Wildman–Crippen LogP) is 3.68. The second kappa shape index (κ2) is 7.27. The molecule has 4 rings (SSSR count). The van der Waals surface area contributed by atoms with Gasteiger partial charge in [0.15, 0.2) is 17.1 Å². The molecule has 7 heteroatoms. The Morgan fingerprint density at radius 3 is 2.61 bits per heavy atom. The maximum Gasteiger partial charge on any atom is 0.293 e. The summed E-state index contributed by atoms with van der Waals surface area (Å²) in [7, 11) is 0. The Labute approximate surface area is 186 Å². The monoisotopic (exact) mass is 450 g/mol. The van der Waals surface area contributed by atoms with E-state index in [1.807, 2.05) is 20.8 Å². The molecule has 4 aliphatic rings. The third-order valence-electron chi connectivity index (χ3n) is 9.35. The quantitative estimate of drug-likeness (QED) is 0.644. The van der Waals surface area contributed by atoms with Gasteiger partial charge in [0.25, 0.3) is 6.47 Å². The number of carbonyl (C=O) groups is 3. The van der Waals surface area contributed by atoms with Gasteiger partial charge in [-0.05, 0) is 56.1 Å². The number of allylic oxidation sites excluding steroid dienone is 4. The second-order valence-corrected chi connectivity index (χ2v) is 11.3. The van der Waals surface area contributed by atoms with E-state index < -0.39 is 34.1 Å².